The normalized spacial score (nSPS) is 12.1. The number of nitrogens with two attached hydrogens (primary N) is 1. The topological polar surface area (TPSA) is 103 Å². The lowest BCUT2D eigenvalue weighted by molar-refractivity contribution is 0.0992. The summed E-state index contributed by atoms with van der Waals surface area (Å²) in [5, 5.41) is 7.29. The number of fused-ring (bicyclic) bond motifs is 3. The van der Waals surface area contributed by atoms with Crippen LogP contribution in [0.15, 0.2) is 54.9 Å². The highest BCUT2D eigenvalue weighted by Gasteiger charge is 2.29. The Balaban J connectivity index is 1.63. The first kappa shape index (κ1) is 21.7. The van der Waals surface area contributed by atoms with Crippen LogP contribution in [0.1, 0.15) is 32.0 Å². The van der Waals surface area contributed by atoms with Crippen molar-refractivity contribution in [3.8, 4) is 16.9 Å². The van der Waals surface area contributed by atoms with Crippen LogP contribution >= 0.6 is 11.6 Å². The number of rotatable bonds is 4. The van der Waals surface area contributed by atoms with E-state index in [-0.39, 0.29) is 22.0 Å². The summed E-state index contributed by atoms with van der Waals surface area (Å²) in [4.78, 5) is 28.7. The lowest BCUT2D eigenvalue weighted by Crippen LogP contribution is -2.16. The largest absolute Gasteiger partial charge is 0.364 e. The number of aryl methyl sites for hydroxylation is 1. The summed E-state index contributed by atoms with van der Waals surface area (Å²) < 4.78 is 29.3. The second-order valence-corrected chi connectivity index (χ2v) is 8.17. The average Bonchev–Trinajstić information content (AvgIpc) is 3.19. The lowest BCUT2D eigenvalue weighted by atomic mass is 9.88. The third-order valence-corrected chi connectivity index (χ3v) is 5.89. The zero-order valence-corrected chi connectivity index (χ0v) is 18.2. The average molecular weight is 480 g/mol. The maximum atomic E-state index is 14.0. The molecule has 0 atom stereocenters. The van der Waals surface area contributed by atoms with E-state index in [4.69, 9.17) is 17.3 Å². The van der Waals surface area contributed by atoms with Gasteiger partial charge in [0.15, 0.2) is 5.69 Å². The minimum atomic E-state index is -0.786. The molecule has 0 saturated heterocycles. The van der Waals surface area contributed by atoms with Crippen molar-refractivity contribution in [1.82, 2.24) is 14.8 Å². The van der Waals surface area contributed by atoms with Gasteiger partial charge in [-0.15, -0.1) is 0 Å². The van der Waals surface area contributed by atoms with Gasteiger partial charge in [0, 0.05) is 35.3 Å². The number of carbonyl (C=O) groups is 2. The number of primary amides is 1. The molecule has 0 unspecified atom stereocenters. The Labute approximate surface area is 197 Å². The number of benzene rings is 2. The van der Waals surface area contributed by atoms with Crippen LogP contribution in [-0.4, -0.2) is 26.6 Å². The third kappa shape index (κ3) is 3.80. The molecule has 1 aliphatic carbocycles. The van der Waals surface area contributed by atoms with Crippen LogP contribution < -0.4 is 11.1 Å². The van der Waals surface area contributed by atoms with Crippen LogP contribution in [0.25, 0.3) is 16.9 Å². The van der Waals surface area contributed by atoms with E-state index in [0.29, 0.717) is 35.3 Å². The molecule has 10 heteroatoms. The van der Waals surface area contributed by atoms with Gasteiger partial charge in [-0.1, -0.05) is 17.7 Å². The number of carbonyl (C=O) groups excluding carboxylic acids is 2. The van der Waals surface area contributed by atoms with Crippen molar-refractivity contribution in [2.24, 2.45) is 5.73 Å². The zero-order chi connectivity index (χ0) is 24.0. The molecule has 0 fully saturated rings. The quantitative estimate of drug-likeness (QED) is 0.455. The van der Waals surface area contributed by atoms with E-state index >= 15 is 0 Å². The summed E-state index contributed by atoms with van der Waals surface area (Å²) in [7, 11) is 0. The molecule has 3 N–H and O–H groups in total. The molecule has 0 bridgehead atoms. The zero-order valence-electron chi connectivity index (χ0n) is 17.5. The fourth-order valence-corrected chi connectivity index (χ4v) is 4.33. The van der Waals surface area contributed by atoms with Crippen LogP contribution in [0.3, 0.4) is 0 Å². The first-order chi connectivity index (χ1) is 16.3. The molecule has 2 aromatic carbocycles. The standard InChI is InChI=1S/C24H16ClF2N5O2/c25-20-11-29-6-5-17(20)24(34)30-15-3-1-12-2-4-18-21(23(28)33)31-32(22(18)19(12)10-15)16-8-13(26)7-14(27)9-16/h1,3,5-11H,2,4H2,(H2,28,33)(H,30,34). The van der Waals surface area contributed by atoms with E-state index in [2.05, 4.69) is 15.4 Å². The first-order valence-electron chi connectivity index (χ1n) is 10.2. The summed E-state index contributed by atoms with van der Waals surface area (Å²) in [5.74, 6) is -2.74. The Morgan fingerprint density at radius 1 is 1.06 bits per heavy atom. The molecular weight excluding hydrogens is 464 g/mol. The molecule has 0 radical (unpaired) electrons. The molecule has 2 heterocycles. The number of anilines is 1. The van der Waals surface area contributed by atoms with E-state index in [1.165, 1.54) is 23.1 Å². The molecule has 2 amide bonds. The molecule has 2 aromatic heterocycles. The van der Waals surface area contributed by atoms with E-state index in [1.54, 1.807) is 12.1 Å². The minimum absolute atomic E-state index is 0.0309. The highest BCUT2D eigenvalue weighted by molar-refractivity contribution is 6.34. The molecule has 0 spiro atoms. The molecule has 34 heavy (non-hydrogen) atoms. The van der Waals surface area contributed by atoms with Crippen molar-refractivity contribution in [1.29, 1.82) is 0 Å². The van der Waals surface area contributed by atoms with Crippen molar-refractivity contribution < 1.29 is 18.4 Å². The molecule has 5 rings (SSSR count). The molecular formula is C24H16ClF2N5O2. The number of hydrogen-bond donors (Lipinski definition) is 2. The van der Waals surface area contributed by atoms with Crippen molar-refractivity contribution in [3.63, 3.8) is 0 Å². The van der Waals surface area contributed by atoms with E-state index in [1.807, 2.05) is 6.07 Å². The lowest BCUT2D eigenvalue weighted by Gasteiger charge is -2.20. The Morgan fingerprint density at radius 3 is 2.53 bits per heavy atom. The predicted molar refractivity (Wildman–Crippen MR) is 122 cm³/mol. The Kier molecular flexibility index (Phi) is 5.33. The number of halogens is 3. The van der Waals surface area contributed by atoms with Gasteiger partial charge in [-0.2, -0.15) is 5.10 Å². The summed E-state index contributed by atoms with van der Waals surface area (Å²) in [6.45, 7) is 0. The van der Waals surface area contributed by atoms with Gasteiger partial charge in [0.05, 0.1) is 22.0 Å². The second kappa shape index (κ2) is 8.35. The smallest absolute Gasteiger partial charge is 0.269 e. The number of nitrogens with zero attached hydrogens (tertiary/aromatic N) is 3. The number of hydrogen-bond acceptors (Lipinski definition) is 4. The summed E-state index contributed by atoms with van der Waals surface area (Å²) in [6, 6.07) is 9.79. The number of aromatic nitrogens is 3. The van der Waals surface area contributed by atoms with Gasteiger partial charge in [-0.05, 0) is 48.7 Å². The van der Waals surface area contributed by atoms with Gasteiger partial charge in [0.1, 0.15) is 11.6 Å². The van der Waals surface area contributed by atoms with Gasteiger partial charge >= 0.3 is 0 Å². The Bertz CT molecular complexity index is 1460. The van der Waals surface area contributed by atoms with Crippen LogP contribution in [0.2, 0.25) is 5.02 Å². The van der Waals surface area contributed by atoms with E-state index in [0.717, 1.165) is 23.8 Å². The van der Waals surface area contributed by atoms with Gasteiger partial charge < -0.3 is 11.1 Å². The highest BCUT2D eigenvalue weighted by atomic mass is 35.5. The van der Waals surface area contributed by atoms with E-state index < -0.39 is 23.4 Å². The maximum Gasteiger partial charge on any atom is 0.269 e. The molecule has 0 saturated carbocycles. The van der Waals surface area contributed by atoms with Gasteiger partial charge in [0.25, 0.3) is 11.8 Å². The first-order valence-corrected chi connectivity index (χ1v) is 10.6. The molecule has 170 valence electrons. The summed E-state index contributed by atoms with van der Waals surface area (Å²) in [6.07, 6.45) is 3.90. The molecule has 0 aliphatic heterocycles. The fourth-order valence-electron chi connectivity index (χ4n) is 4.12. The summed E-state index contributed by atoms with van der Waals surface area (Å²) >= 11 is 6.07. The fraction of sp³-hybridized carbons (Fsp3) is 0.0833. The van der Waals surface area contributed by atoms with Crippen LogP contribution in [0.5, 0.6) is 0 Å². The van der Waals surface area contributed by atoms with Crippen LogP contribution in [0.4, 0.5) is 14.5 Å². The van der Waals surface area contributed by atoms with Crippen molar-refractivity contribution in [2.45, 2.75) is 12.8 Å². The Hall–Kier alpha value is -4.11. The Morgan fingerprint density at radius 2 is 1.82 bits per heavy atom. The molecule has 1 aliphatic rings. The number of pyridine rings is 1. The van der Waals surface area contributed by atoms with Gasteiger partial charge in [0.2, 0.25) is 0 Å². The van der Waals surface area contributed by atoms with Crippen molar-refractivity contribution in [2.75, 3.05) is 5.32 Å². The summed E-state index contributed by atoms with van der Waals surface area (Å²) in [5.41, 5.74) is 9.03. The van der Waals surface area contributed by atoms with E-state index in [9.17, 15) is 18.4 Å². The third-order valence-electron chi connectivity index (χ3n) is 5.59. The van der Waals surface area contributed by atoms with Crippen LogP contribution in [0, 0.1) is 11.6 Å². The SMILES string of the molecule is NC(=O)c1nn(-c2cc(F)cc(F)c2)c2c1CCc1ccc(NC(=O)c3ccncc3Cl)cc1-2. The number of nitrogens with one attached hydrogen (secondary N) is 1. The molecule has 7 nitrogen and oxygen atoms in total. The van der Waals surface area contributed by atoms with Gasteiger partial charge in [-0.3, -0.25) is 14.6 Å². The highest BCUT2D eigenvalue weighted by Crippen LogP contribution is 2.38. The monoisotopic (exact) mass is 479 g/mol. The maximum absolute atomic E-state index is 14.0. The second-order valence-electron chi connectivity index (χ2n) is 7.76. The van der Waals surface area contributed by atoms with Gasteiger partial charge in [-0.25, -0.2) is 13.5 Å². The molecule has 4 aromatic rings. The van der Waals surface area contributed by atoms with Crippen LogP contribution in [-0.2, 0) is 12.8 Å². The predicted octanol–water partition coefficient (Wildman–Crippen LogP) is 4.32. The van der Waals surface area contributed by atoms with Crippen molar-refractivity contribution >= 4 is 29.1 Å². The number of amides is 2. The minimum Gasteiger partial charge on any atom is -0.364 e. The van der Waals surface area contributed by atoms with Crippen molar-refractivity contribution in [3.05, 3.63) is 93.9 Å².